The first-order chi connectivity index (χ1) is 13.8. The molecule has 0 fully saturated rings. The van der Waals surface area contributed by atoms with E-state index in [1.54, 1.807) is 30.3 Å². The van der Waals surface area contributed by atoms with Crippen LogP contribution in [0, 0.1) is 17.1 Å². The third-order valence-electron chi connectivity index (χ3n) is 4.23. The lowest BCUT2D eigenvalue weighted by molar-refractivity contribution is -0.130. The number of primary amides is 1. The second kappa shape index (κ2) is 9.99. The molecule has 0 aromatic heterocycles. The van der Waals surface area contributed by atoms with Crippen LogP contribution in [0.2, 0.25) is 0 Å². The molecule has 29 heavy (non-hydrogen) atoms. The lowest BCUT2D eigenvalue weighted by Gasteiger charge is -2.22. The third-order valence-corrected chi connectivity index (χ3v) is 4.23. The van der Waals surface area contributed by atoms with E-state index in [1.807, 2.05) is 6.07 Å². The maximum atomic E-state index is 14.0. The summed E-state index contributed by atoms with van der Waals surface area (Å²) in [5.41, 5.74) is 6.71. The molecule has 0 aliphatic rings. The number of halogens is 1. The van der Waals surface area contributed by atoms with E-state index < -0.39 is 35.6 Å². The van der Waals surface area contributed by atoms with Crippen LogP contribution in [0.15, 0.2) is 48.5 Å². The summed E-state index contributed by atoms with van der Waals surface area (Å²) in [6.07, 6.45) is -0.0173. The molecule has 150 valence electrons. The van der Waals surface area contributed by atoms with Crippen LogP contribution in [0.25, 0.3) is 0 Å². The van der Waals surface area contributed by atoms with Gasteiger partial charge in [0, 0.05) is 19.8 Å². The van der Waals surface area contributed by atoms with Gasteiger partial charge in [0.25, 0.3) is 0 Å². The normalized spacial score (nSPS) is 12.3. The zero-order valence-corrected chi connectivity index (χ0v) is 15.8. The number of rotatable bonds is 8. The number of nitriles is 1. The average molecular weight is 396 g/mol. The molecule has 0 bridgehead atoms. The number of nitrogens with zero attached hydrogens (tertiary/aromatic N) is 1. The van der Waals surface area contributed by atoms with E-state index in [0.29, 0.717) is 11.1 Å². The van der Waals surface area contributed by atoms with Crippen molar-refractivity contribution in [3.63, 3.8) is 0 Å². The molecule has 8 heteroatoms. The van der Waals surface area contributed by atoms with Gasteiger partial charge < -0.3 is 16.4 Å². The quantitative estimate of drug-likeness (QED) is 0.614. The molecule has 2 atom stereocenters. The molecule has 0 radical (unpaired) electrons. The van der Waals surface area contributed by atoms with Crippen molar-refractivity contribution >= 4 is 17.7 Å². The fraction of sp³-hybridized carbons (Fsp3) is 0.238. The summed E-state index contributed by atoms with van der Waals surface area (Å²) in [7, 11) is 0. The number of carbonyl (C=O) groups excluding carboxylic acids is 3. The lowest BCUT2D eigenvalue weighted by atomic mass is 10.0. The van der Waals surface area contributed by atoms with Gasteiger partial charge in [-0.15, -0.1) is 0 Å². The molecule has 0 heterocycles. The van der Waals surface area contributed by atoms with E-state index in [2.05, 4.69) is 10.6 Å². The molecular formula is C21H21FN4O3. The highest BCUT2D eigenvalue weighted by atomic mass is 19.1. The van der Waals surface area contributed by atoms with Crippen molar-refractivity contribution in [1.29, 1.82) is 5.26 Å². The predicted molar refractivity (Wildman–Crippen MR) is 104 cm³/mol. The zero-order valence-electron chi connectivity index (χ0n) is 15.8. The van der Waals surface area contributed by atoms with Crippen LogP contribution in [0.4, 0.5) is 4.39 Å². The smallest absolute Gasteiger partial charge is 0.243 e. The first-order valence-electron chi connectivity index (χ1n) is 8.89. The highest BCUT2D eigenvalue weighted by Crippen LogP contribution is 2.11. The van der Waals surface area contributed by atoms with Crippen molar-refractivity contribution in [3.05, 3.63) is 71.0 Å². The van der Waals surface area contributed by atoms with Crippen molar-refractivity contribution in [3.8, 4) is 6.07 Å². The Hall–Kier alpha value is -3.73. The lowest BCUT2D eigenvalue weighted by Crippen LogP contribution is -2.54. The van der Waals surface area contributed by atoms with E-state index in [0.717, 1.165) is 0 Å². The number of benzene rings is 2. The molecule has 0 saturated heterocycles. The Morgan fingerprint density at radius 3 is 2.41 bits per heavy atom. The van der Waals surface area contributed by atoms with Gasteiger partial charge in [-0.05, 0) is 29.3 Å². The van der Waals surface area contributed by atoms with Crippen molar-refractivity contribution in [1.82, 2.24) is 10.6 Å². The van der Waals surface area contributed by atoms with Gasteiger partial charge in [0.05, 0.1) is 11.6 Å². The molecule has 2 aromatic rings. The van der Waals surface area contributed by atoms with Crippen LogP contribution in [0.5, 0.6) is 0 Å². The minimum atomic E-state index is -1.09. The zero-order chi connectivity index (χ0) is 21.4. The molecule has 0 spiro atoms. The van der Waals surface area contributed by atoms with Gasteiger partial charge in [-0.3, -0.25) is 14.4 Å². The van der Waals surface area contributed by atoms with Crippen LogP contribution in [0.1, 0.15) is 23.6 Å². The van der Waals surface area contributed by atoms with Crippen LogP contribution in [-0.2, 0) is 27.2 Å². The highest BCUT2D eigenvalue weighted by molar-refractivity contribution is 5.91. The Bertz CT molecular complexity index is 955. The summed E-state index contributed by atoms with van der Waals surface area (Å²) in [5.74, 6) is -2.41. The Balaban J connectivity index is 2.17. The number of nitrogens with one attached hydrogen (secondary N) is 2. The molecule has 0 aliphatic heterocycles. The fourth-order valence-electron chi connectivity index (χ4n) is 2.84. The molecule has 0 aliphatic carbocycles. The second-order valence-corrected chi connectivity index (χ2v) is 6.53. The minimum Gasteiger partial charge on any atom is -0.368 e. The van der Waals surface area contributed by atoms with Crippen molar-refractivity contribution in [2.45, 2.75) is 31.8 Å². The molecule has 2 rings (SSSR count). The molecule has 2 aromatic carbocycles. The fourth-order valence-corrected chi connectivity index (χ4v) is 2.84. The van der Waals surface area contributed by atoms with Crippen molar-refractivity contribution in [2.75, 3.05) is 0 Å². The van der Waals surface area contributed by atoms with Gasteiger partial charge in [0.1, 0.15) is 17.9 Å². The highest BCUT2D eigenvalue weighted by Gasteiger charge is 2.26. The van der Waals surface area contributed by atoms with Gasteiger partial charge in [-0.25, -0.2) is 4.39 Å². The van der Waals surface area contributed by atoms with E-state index >= 15 is 0 Å². The standard InChI is InChI=1S/C21H21FN4O3/c1-13(27)25-19(11-16-7-2-3-8-17(16)22)21(29)26-18(20(24)28)10-14-5-4-6-15(9-14)12-23/h2-9,18-19H,10-11H2,1H3,(H2,24,28)(H,25,27)(H,26,29)/t18-,19+/m1/s1. The summed E-state index contributed by atoms with van der Waals surface area (Å²) < 4.78 is 14.0. The van der Waals surface area contributed by atoms with Gasteiger partial charge in [0.2, 0.25) is 17.7 Å². The molecule has 0 saturated carbocycles. The van der Waals surface area contributed by atoms with E-state index in [9.17, 15) is 18.8 Å². The number of hydrogen-bond donors (Lipinski definition) is 3. The number of hydrogen-bond acceptors (Lipinski definition) is 4. The summed E-state index contributed by atoms with van der Waals surface area (Å²) in [5, 5.41) is 14.0. The van der Waals surface area contributed by atoms with E-state index in [-0.39, 0.29) is 18.4 Å². The number of amides is 3. The van der Waals surface area contributed by atoms with Gasteiger partial charge in [-0.2, -0.15) is 5.26 Å². The van der Waals surface area contributed by atoms with Gasteiger partial charge in [-0.1, -0.05) is 30.3 Å². The maximum absolute atomic E-state index is 14.0. The largest absolute Gasteiger partial charge is 0.368 e. The summed E-state index contributed by atoms with van der Waals surface area (Å²) in [4.78, 5) is 36.1. The molecular weight excluding hydrogens is 375 g/mol. The topological polar surface area (TPSA) is 125 Å². The van der Waals surface area contributed by atoms with Crippen LogP contribution >= 0.6 is 0 Å². The summed E-state index contributed by atoms with van der Waals surface area (Å²) >= 11 is 0. The summed E-state index contributed by atoms with van der Waals surface area (Å²) in [6, 6.07) is 12.3. The van der Waals surface area contributed by atoms with Crippen LogP contribution < -0.4 is 16.4 Å². The second-order valence-electron chi connectivity index (χ2n) is 6.53. The van der Waals surface area contributed by atoms with Crippen LogP contribution in [0.3, 0.4) is 0 Å². The molecule has 4 N–H and O–H groups in total. The molecule has 0 unspecified atom stereocenters. The third kappa shape index (κ3) is 6.43. The minimum absolute atomic E-state index is 0.0725. The van der Waals surface area contributed by atoms with E-state index in [1.165, 1.54) is 25.1 Å². The number of carbonyl (C=O) groups is 3. The number of nitrogens with two attached hydrogens (primary N) is 1. The first-order valence-corrected chi connectivity index (χ1v) is 8.89. The monoisotopic (exact) mass is 396 g/mol. The molecule has 3 amide bonds. The average Bonchev–Trinajstić information content (AvgIpc) is 2.68. The SMILES string of the molecule is CC(=O)N[C@@H](Cc1ccccc1F)C(=O)N[C@H](Cc1cccc(C#N)c1)C(N)=O. The predicted octanol–water partition coefficient (Wildman–Crippen LogP) is 0.957. The van der Waals surface area contributed by atoms with E-state index in [4.69, 9.17) is 11.0 Å². The molecule has 7 nitrogen and oxygen atoms in total. The van der Waals surface area contributed by atoms with Crippen molar-refractivity contribution < 1.29 is 18.8 Å². The van der Waals surface area contributed by atoms with Gasteiger partial charge in [0.15, 0.2) is 0 Å². The Morgan fingerprint density at radius 2 is 1.79 bits per heavy atom. The van der Waals surface area contributed by atoms with Crippen LogP contribution in [-0.4, -0.2) is 29.8 Å². The first kappa shape index (κ1) is 21.6. The maximum Gasteiger partial charge on any atom is 0.243 e. The van der Waals surface area contributed by atoms with Gasteiger partial charge >= 0.3 is 0 Å². The Kier molecular flexibility index (Phi) is 7.43. The Morgan fingerprint density at radius 1 is 1.07 bits per heavy atom. The Labute approximate surface area is 167 Å². The van der Waals surface area contributed by atoms with Crippen molar-refractivity contribution in [2.24, 2.45) is 5.73 Å². The summed E-state index contributed by atoms with van der Waals surface area (Å²) in [6.45, 7) is 1.24.